The summed E-state index contributed by atoms with van der Waals surface area (Å²) in [6.07, 6.45) is 0.305. The zero-order valence-electron chi connectivity index (χ0n) is 7.88. The molecule has 0 saturated carbocycles. The summed E-state index contributed by atoms with van der Waals surface area (Å²) >= 11 is 5.40. The molecule has 0 saturated heterocycles. The van der Waals surface area contributed by atoms with Crippen LogP contribution in [0.5, 0.6) is 0 Å². The van der Waals surface area contributed by atoms with Crippen molar-refractivity contribution in [3.8, 4) is 6.07 Å². The van der Waals surface area contributed by atoms with Crippen molar-refractivity contribution in [2.45, 2.75) is 13.3 Å². The number of carbonyl (C=O) groups excluding carboxylic acids is 1. The SMILES string of the molecule is Cc1cc(C#N)cc(CC(=O)CCl)c1. The number of rotatable bonds is 3. The predicted molar refractivity (Wildman–Crippen MR) is 55.3 cm³/mol. The second kappa shape index (κ2) is 4.78. The molecule has 0 aromatic heterocycles. The summed E-state index contributed by atoms with van der Waals surface area (Å²) in [5, 5.41) is 8.72. The number of Topliss-reactive ketones (excluding diaryl/α,β-unsaturated/α-hetero) is 1. The summed E-state index contributed by atoms with van der Waals surface area (Å²) in [5.74, 6) is -0.00307. The Balaban J connectivity index is 2.93. The van der Waals surface area contributed by atoms with Crippen LogP contribution in [0, 0.1) is 18.3 Å². The van der Waals surface area contributed by atoms with Crippen molar-refractivity contribution >= 4 is 17.4 Å². The fourth-order valence-electron chi connectivity index (χ4n) is 1.30. The normalized spacial score (nSPS) is 9.50. The summed E-state index contributed by atoms with van der Waals surface area (Å²) in [5.41, 5.74) is 2.43. The van der Waals surface area contributed by atoms with Crippen molar-refractivity contribution in [3.63, 3.8) is 0 Å². The van der Waals surface area contributed by atoms with Gasteiger partial charge in [-0.25, -0.2) is 0 Å². The third kappa shape index (κ3) is 2.86. The molecule has 2 nitrogen and oxygen atoms in total. The summed E-state index contributed by atoms with van der Waals surface area (Å²) < 4.78 is 0. The van der Waals surface area contributed by atoms with Gasteiger partial charge in [-0.3, -0.25) is 4.79 Å². The van der Waals surface area contributed by atoms with Gasteiger partial charge in [-0.2, -0.15) is 5.26 Å². The first kappa shape index (κ1) is 10.7. The Bertz CT molecular complexity index is 393. The summed E-state index contributed by atoms with van der Waals surface area (Å²) in [6.45, 7) is 1.90. The van der Waals surface area contributed by atoms with Crippen LogP contribution in [-0.2, 0) is 11.2 Å². The van der Waals surface area contributed by atoms with Crippen LogP contribution in [0.25, 0.3) is 0 Å². The first-order valence-corrected chi connectivity index (χ1v) is 4.77. The van der Waals surface area contributed by atoms with Gasteiger partial charge in [0, 0.05) is 6.42 Å². The maximum atomic E-state index is 11.1. The Morgan fingerprint density at radius 3 is 2.79 bits per heavy atom. The second-order valence-corrected chi connectivity index (χ2v) is 3.44. The Morgan fingerprint density at radius 1 is 1.50 bits per heavy atom. The minimum Gasteiger partial charge on any atom is -0.298 e. The van der Waals surface area contributed by atoms with Crippen molar-refractivity contribution < 1.29 is 4.79 Å². The van der Waals surface area contributed by atoms with Gasteiger partial charge in [-0.15, -0.1) is 11.6 Å². The Kier molecular flexibility index (Phi) is 3.67. The van der Waals surface area contributed by atoms with E-state index in [0.717, 1.165) is 11.1 Å². The van der Waals surface area contributed by atoms with Crippen LogP contribution in [0.3, 0.4) is 0 Å². The molecule has 0 heterocycles. The number of nitriles is 1. The summed E-state index contributed by atoms with van der Waals surface area (Å²) in [6, 6.07) is 7.46. The van der Waals surface area contributed by atoms with Crippen LogP contribution >= 0.6 is 11.6 Å². The van der Waals surface area contributed by atoms with Crippen LogP contribution < -0.4 is 0 Å². The molecule has 0 amide bonds. The molecular weight excluding hydrogens is 198 g/mol. The van der Waals surface area contributed by atoms with E-state index in [-0.39, 0.29) is 11.7 Å². The molecule has 0 radical (unpaired) electrons. The summed E-state index contributed by atoms with van der Waals surface area (Å²) in [4.78, 5) is 11.1. The molecule has 0 fully saturated rings. The lowest BCUT2D eigenvalue weighted by Gasteiger charge is -2.01. The van der Waals surface area contributed by atoms with E-state index in [1.165, 1.54) is 0 Å². The molecule has 14 heavy (non-hydrogen) atoms. The number of carbonyl (C=O) groups is 1. The van der Waals surface area contributed by atoms with Crippen molar-refractivity contribution in [1.82, 2.24) is 0 Å². The minimum absolute atomic E-state index is 0.0236. The Hall–Kier alpha value is -1.33. The lowest BCUT2D eigenvalue weighted by molar-refractivity contribution is -0.116. The minimum atomic E-state index is -0.0267. The lowest BCUT2D eigenvalue weighted by atomic mass is 10.0. The van der Waals surface area contributed by atoms with Crippen LogP contribution in [0.1, 0.15) is 16.7 Å². The summed E-state index contributed by atoms with van der Waals surface area (Å²) in [7, 11) is 0. The van der Waals surface area contributed by atoms with E-state index in [4.69, 9.17) is 16.9 Å². The molecule has 1 aromatic rings. The van der Waals surface area contributed by atoms with E-state index >= 15 is 0 Å². The highest BCUT2D eigenvalue weighted by molar-refractivity contribution is 6.27. The van der Waals surface area contributed by atoms with Crippen molar-refractivity contribution in [2.24, 2.45) is 0 Å². The molecule has 0 N–H and O–H groups in total. The average Bonchev–Trinajstić information content (AvgIpc) is 2.16. The standard InChI is InChI=1S/C11H10ClNO/c1-8-2-9(5-11(14)6-12)4-10(3-8)7-13/h2-4H,5-6H2,1H3. The van der Waals surface area contributed by atoms with Gasteiger partial charge in [0.1, 0.15) is 0 Å². The van der Waals surface area contributed by atoms with E-state index in [9.17, 15) is 4.79 Å². The first-order valence-electron chi connectivity index (χ1n) is 4.24. The number of hydrogen-bond acceptors (Lipinski definition) is 2. The number of alkyl halides is 1. The fraction of sp³-hybridized carbons (Fsp3) is 0.273. The largest absolute Gasteiger partial charge is 0.298 e. The molecule has 72 valence electrons. The van der Waals surface area contributed by atoms with E-state index in [1.54, 1.807) is 12.1 Å². The molecule has 0 bridgehead atoms. The molecule has 1 aromatic carbocycles. The molecule has 0 spiro atoms. The van der Waals surface area contributed by atoms with Gasteiger partial charge in [0.15, 0.2) is 5.78 Å². The topological polar surface area (TPSA) is 40.9 Å². The highest BCUT2D eigenvalue weighted by Gasteiger charge is 2.03. The monoisotopic (exact) mass is 207 g/mol. The zero-order chi connectivity index (χ0) is 10.6. The highest BCUT2D eigenvalue weighted by Crippen LogP contribution is 2.10. The van der Waals surface area contributed by atoms with E-state index in [0.29, 0.717) is 12.0 Å². The molecule has 0 aliphatic heterocycles. The molecular formula is C11H10ClNO. The number of aryl methyl sites for hydroxylation is 1. The van der Waals surface area contributed by atoms with Gasteiger partial charge >= 0.3 is 0 Å². The van der Waals surface area contributed by atoms with Gasteiger partial charge in [0.2, 0.25) is 0 Å². The number of benzene rings is 1. The number of hydrogen-bond donors (Lipinski definition) is 0. The van der Waals surface area contributed by atoms with Crippen molar-refractivity contribution in [1.29, 1.82) is 5.26 Å². The van der Waals surface area contributed by atoms with Crippen LogP contribution in [-0.4, -0.2) is 11.7 Å². The quantitative estimate of drug-likeness (QED) is 0.714. The van der Waals surface area contributed by atoms with Gasteiger partial charge in [0.25, 0.3) is 0 Å². The third-order valence-corrected chi connectivity index (χ3v) is 2.11. The van der Waals surface area contributed by atoms with E-state index < -0.39 is 0 Å². The molecule has 0 unspecified atom stereocenters. The highest BCUT2D eigenvalue weighted by atomic mass is 35.5. The predicted octanol–water partition coefficient (Wildman–Crippen LogP) is 2.22. The van der Waals surface area contributed by atoms with Crippen molar-refractivity contribution in [3.05, 3.63) is 34.9 Å². The van der Waals surface area contributed by atoms with Crippen LogP contribution in [0.4, 0.5) is 0 Å². The maximum absolute atomic E-state index is 11.1. The lowest BCUT2D eigenvalue weighted by Crippen LogP contribution is -2.04. The van der Waals surface area contributed by atoms with Gasteiger partial charge in [-0.05, 0) is 30.2 Å². The molecule has 0 aliphatic carbocycles. The Morgan fingerprint density at radius 2 is 2.21 bits per heavy atom. The van der Waals surface area contributed by atoms with Crippen LogP contribution in [0.15, 0.2) is 18.2 Å². The molecule has 0 atom stereocenters. The number of ketones is 1. The Labute approximate surface area is 88.1 Å². The molecule has 1 rings (SSSR count). The molecule has 3 heteroatoms. The van der Waals surface area contributed by atoms with E-state index in [2.05, 4.69) is 6.07 Å². The number of halogens is 1. The maximum Gasteiger partial charge on any atom is 0.151 e. The average molecular weight is 208 g/mol. The van der Waals surface area contributed by atoms with Gasteiger partial charge < -0.3 is 0 Å². The number of nitrogens with zero attached hydrogens (tertiary/aromatic N) is 1. The van der Waals surface area contributed by atoms with Crippen LogP contribution in [0.2, 0.25) is 0 Å². The van der Waals surface area contributed by atoms with Gasteiger partial charge in [0.05, 0.1) is 17.5 Å². The van der Waals surface area contributed by atoms with E-state index in [1.807, 2.05) is 13.0 Å². The second-order valence-electron chi connectivity index (χ2n) is 3.17. The fourth-order valence-corrected chi connectivity index (χ4v) is 1.40. The first-order chi connectivity index (χ1) is 6.65. The van der Waals surface area contributed by atoms with Gasteiger partial charge in [-0.1, -0.05) is 6.07 Å². The van der Waals surface area contributed by atoms with Crippen molar-refractivity contribution in [2.75, 3.05) is 5.88 Å². The smallest absolute Gasteiger partial charge is 0.151 e. The third-order valence-electron chi connectivity index (χ3n) is 1.82. The molecule has 0 aliphatic rings. The zero-order valence-corrected chi connectivity index (χ0v) is 8.64.